The van der Waals surface area contributed by atoms with E-state index in [0.717, 1.165) is 17.9 Å². The van der Waals surface area contributed by atoms with Crippen molar-refractivity contribution in [3.63, 3.8) is 0 Å². The summed E-state index contributed by atoms with van der Waals surface area (Å²) in [6.45, 7) is 0. The fourth-order valence-corrected chi connectivity index (χ4v) is 2.65. The van der Waals surface area contributed by atoms with Gasteiger partial charge in [-0.25, -0.2) is 4.79 Å². The van der Waals surface area contributed by atoms with E-state index in [1.165, 1.54) is 0 Å². The Kier molecular flexibility index (Phi) is 2.26. The highest BCUT2D eigenvalue weighted by Crippen LogP contribution is 2.26. The van der Waals surface area contributed by atoms with Crippen LogP contribution >= 0.6 is 11.8 Å². The monoisotopic (exact) mass is 197 g/mol. The zero-order chi connectivity index (χ0) is 9.26. The number of aromatic nitrogens is 2. The lowest BCUT2D eigenvalue weighted by Crippen LogP contribution is -2.27. The van der Waals surface area contributed by atoms with Gasteiger partial charge in [0, 0.05) is 18.0 Å². The van der Waals surface area contributed by atoms with Crippen LogP contribution in [0.5, 0.6) is 0 Å². The Morgan fingerprint density at radius 3 is 3.15 bits per heavy atom. The van der Waals surface area contributed by atoms with Crippen molar-refractivity contribution in [1.29, 1.82) is 0 Å². The molecular weight excluding hydrogens is 186 g/mol. The van der Waals surface area contributed by atoms with Gasteiger partial charge in [0.1, 0.15) is 5.82 Å². The first-order valence-corrected chi connectivity index (χ1v) is 5.35. The van der Waals surface area contributed by atoms with Crippen molar-refractivity contribution >= 4 is 17.6 Å². The number of anilines is 1. The fraction of sp³-hybridized carbons (Fsp3) is 0.500. The second-order valence-electron chi connectivity index (χ2n) is 3.06. The molecule has 0 aliphatic carbocycles. The molecule has 2 heterocycles. The molecule has 0 amide bonds. The van der Waals surface area contributed by atoms with Crippen LogP contribution in [0.3, 0.4) is 0 Å². The van der Waals surface area contributed by atoms with Gasteiger partial charge >= 0.3 is 5.69 Å². The van der Waals surface area contributed by atoms with E-state index >= 15 is 0 Å². The number of hydrogen-bond donors (Lipinski definition) is 1. The molecule has 0 bridgehead atoms. The number of rotatable bonds is 1. The summed E-state index contributed by atoms with van der Waals surface area (Å²) in [7, 11) is 0. The summed E-state index contributed by atoms with van der Waals surface area (Å²) in [5, 5.41) is 0. The minimum atomic E-state index is -0.229. The van der Waals surface area contributed by atoms with Gasteiger partial charge < -0.3 is 5.73 Å². The number of thioether (sulfide) groups is 1. The molecule has 70 valence electrons. The van der Waals surface area contributed by atoms with E-state index in [1.54, 1.807) is 16.8 Å². The zero-order valence-electron chi connectivity index (χ0n) is 7.14. The summed E-state index contributed by atoms with van der Waals surface area (Å²) >= 11 is 1.87. The number of nitrogens with zero attached hydrogens (tertiary/aromatic N) is 2. The summed E-state index contributed by atoms with van der Waals surface area (Å²) in [5.74, 6) is 2.43. The highest BCUT2D eigenvalue weighted by molar-refractivity contribution is 7.99. The van der Waals surface area contributed by atoms with E-state index in [-0.39, 0.29) is 5.69 Å². The van der Waals surface area contributed by atoms with Crippen molar-refractivity contribution in [2.45, 2.75) is 12.5 Å². The van der Waals surface area contributed by atoms with E-state index < -0.39 is 0 Å². The van der Waals surface area contributed by atoms with Crippen LogP contribution in [0.2, 0.25) is 0 Å². The van der Waals surface area contributed by atoms with Crippen molar-refractivity contribution in [1.82, 2.24) is 9.55 Å². The molecule has 2 N–H and O–H groups in total. The van der Waals surface area contributed by atoms with Crippen LogP contribution in [-0.2, 0) is 0 Å². The third-order valence-corrected chi connectivity index (χ3v) is 3.30. The van der Waals surface area contributed by atoms with Crippen LogP contribution in [0.1, 0.15) is 12.5 Å². The predicted octanol–water partition coefficient (Wildman–Crippen LogP) is 0.503. The third kappa shape index (κ3) is 1.70. The summed E-state index contributed by atoms with van der Waals surface area (Å²) in [5.41, 5.74) is 5.17. The molecule has 1 fully saturated rings. The molecule has 13 heavy (non-hydrogen) atoms. The van der Waals surface area contributed by atoms with E-state index in [1.807, 2.05) is 11.8 Å². The van der Waals surface area contributed by atoms with Crippen molar-refractivity contribution in [3.05, 3.63) is 22.7 Å². The molecule has 1 aromatic rings. The molecule has 1 atom stereocenters. The van der Waals surface area contributed by atoms with Gasteiger partial charge in [-0.2, -0.15) is 16.7 Å². The topological polar surface area (TPSA) is 60.9 Å². The first-order chi connectivity index (χ1) is 6.27. The molecule has 4 nitrogen and oxygen atoms in total. The SMILES string of the molecule is Nc1ccn([C@H]2CCSC2)c(=O)n1. The molecule has 1 saturated heterocycles. The summed E-state index contributed by atoms with van der Waals surface area (Å²) in [6.07, 6.45) is 2.79. The fourth-order valence-electron chi connectivity index (χ4n) is 1.45. The largest absolute Gasteiger partial charge is 0.383 e. The Morgan fingerprint density at radius 1 is 1.69 bits per heavy atom. The maximum atomic E-state index is 11.4. The predicted molar refractivity (Wildman–Crippen MR) is 53.9 cm³/mol. The van der Waals surface area contributed by atoms with Crippen LogP contribution < -0.4 is 11.4 Å². The van der Waals surface area contributed by atoms with Crippen LogP contribution in [0.15, 0.2) is 17.1 Å². The smallest absolute Gasteiger partial charge is 0.349 e. The van der Waals surface area contributed by atoms with Crippen molar-refractivity contribution in [3.8, 4) is 0 Å². The molecule has 1 aromatic heterocycles. The van der Waals surface area contributed by atoms with Gasteiger partial charge in [0.15, 0.2) is 0 Å². The Morgan fingerprint density at radius 2 is 2.54 bits per heavy atom. The second-order valence-corrected chi connectivity index (χ2v) is 4.21. The maximum absolute atomic E-state index is 11.4. The van der Waals surface area contributed by atoms with Crippen LogP contribution in [0, 0.1) is 0 Å². The molecule has 1 aliphatic rings. The zero-order valence-corrected chi connectivity index (χ0v) is 7.96. The van der Waals surface area contributed by atoms with Gasteiger partial charge in [0.2, 0.25) is 0 Å². The van der Waals surface area contributed by atoms with Gasteiger partial charge in [-0.1, -0.05) is 0 Å². The molecule has 0 unspecified atom stereocenters. The number of hydrogen-bond acceptors (Lipinski definition) is 4. The normalized spacial score (nSPS) is 22.0. The Bertz CT molecular complexity index is 357. The number of nitrogen functional groups attached to an aromatic ring is 1. The Balaban J connectivity index is 2.34. The van der Waals surface area contributed by atoms with Gasteiger partial charge in [-0.3, -0.25) is 4.57 Å². The van der Waals surface area contributed by atoms with Crippen LogP contribution in [-0.4, -0.2) is 21.1 Å². The molecule has 0 spiro atoms. The minimum absolute atomic E-state index is 0.229. The van der Waals surface area contributed by atoms with Crippen molar-refractivity contribution < 1.29 is 0 Å². The second kappa shape index (κ2) is 3.41. The first-order valence-electron chi connectivity index (χ1n) is 4.20. The lowest BCUT2D eigenvalue weighted by molar-refractivity contribution is 0.530. The van der Waals surface area contributed by atoms with Gasteiger partial charge in [0.25, 0.3) is 0 Å². The summed E-state index contributed by atoms with van der Waals surface area (Å²) in [6, 6.07) is 1.98. The van der Waals surface area contributed by atoms with Crippen LogP contribution in [0.25, 0.3) is 0 Å². The average Bonchev–Trinajstić information content (AvgIpc) is 2.56. The molecule has 0 saturated carbocycles. The molecule has 5 heteroatoms. The van der Waals surface area contributed by atoms with Gasteiger partial charge in [-0.05, 0) is 18.2 Å². The molecular formula is C8H11N3OS. The Hall–Kier alpha value is -0.970. The highest BCUT2D eigenvalue weighted by atomic mass is 32.2. The van der Waals surface area contributed by atoms with Crippen molar-refractivity contribution in [2.24, 2.45) is 0 Å². The number of nitrogens with two attached hydrogens (primary N) is 1. The maximum Gasteiger partial charge on any atom is 0.349 e. The third-order valence-electron chi connectivity index (χ3n) is 2.15. The van der Waals surface area contributed by atoms with E-state index in [9.17, 15) is 4.79 Å². The molecule has 0 radical (unpaired) electrons. The van der Waals surface area contributed by atoms with E-state index in [2.05, 4.69) is 4.98 Å². The molecule has 0 aromatic carbocycles. The lowest BCUT2D eigenvalue weighted by Gasteiger charge is -2.10. The minimum Gasteiger partial charge on any atom is -0.383 e. The standard InChI is InChI=1S/C8H11N3OS/c9-7-1-3-11(8(12)10-7)6-2-4-13-5-6/h1,3,6H,2,4-5H2,(H2,9,10,12)/t6-/m0/s1. The Labute approximate surface area is 80.2 Å². The summed E-state index contributed by atoms with van der Waals surface area (Å²) in [4.78, 5) is 15.1. The summed E-state index contributed by atoms with van der Waals surface area (Å²) < 4.78 is 1.68. The van der Waals surface area contributed by atoms with Gasteiger partial charge in [0.05, 0.1) is 0 Å². The van der Waals surface area contributed by atoms with Crippen molar-refractivity contribution in [2.75, 3.05) is 17.2 Å². The van der Waals surface area contributed by atoms with Crippen LogP contribution in [0.4, 0.5) is 5.82 Å². The van der Waals surface area contributed by atoms with E-state index in [4.69, 9.17) is 5.73 Å². The first kappa shape index (κ1) is 8.62. The molecule has 1 aliphatic heterocycles. The average molecular weight is 197 g/mol. The lowest BCUT2D eigenvalue weighted by atomic mass is 10.2. The van der Waals surface area contributed by atoms with E-state index in [0.29, 0.717) is 11.9 Å². The quantitative estimate of drug-likeness (QED) is 0.712. The highest BCUT2D eigenvalue weighted by Gasteiger charge is 2.18. The molecule has 2 rings (SSSR count). The van der Waals surface area contributed by atoms with Gasteiger partial charge in [-0.15, -0.1) is 0 Å².